The summed E-state index contributed by atoms with van der Waals surface area (Å²) in [6.07, 6.45) is 4.88. The summed E-state index contributed by atoms with van der Waals surface area (Å²) in [6, 6.07) is 0.308. The van der Waals surface area contributed by atoms with Gasteiger partial charge in [-0.05, 0) is 19.3 Å². The number of carbonyl (C=O) groups is 1. The van der Waals surface area contributed by atoms with E-state index in [0.29, 0.717) is 12.5 Å². The van der Waals surface area contributed by atoms with Crippen LogP contribution in [0.4, 0.5) is 0 Å². The number of allylic oxidation sites excluding steroid dienone is 2. The van der Waals surface area contributed by atoms with Crippen LogP contribution < -0.4 is 5.32 Å². The molecule has 1 rings (SSSR count). The molecule has 1 aliphatic carbocycles. The molecule has 0 heterocycles. The van der Waals surface area contributed by atoms with Crippen LogP contribution in [0.3, 0.4) is 0 Å². The molecule has 0 amide bonds. The Balaban J connectivity index is 2.37. The molecule has 0 aromatic rings. The van der Waals surface area contributed by atoms with Crippen molar-refractivity contribution < 1.29 is 9.90 Å². The van der Waals surface area contributed by atoms with Crippen LogP contribution in [0.1, 0.15) is 32.6 Å². The molecule has 1 unspecified atom stereocenters. The van der Waals surface area contributed by atoms with E-state index in [1.807, 2.05) is 0 Å². The summed E-state index contributed by atoms with van der Waals surface area (Å²) >= 11 is 0. The van der Waals surface area contributed by atoms with Crippen molar-refractivity contribution in [1.29, 1.82) is 0 Å². The first-order chi connectivity index (χ1) is 6.26. The second-order valence-electron chi connectivity index (χ2n) is 3.40. The van der Waals surface area contributed by atoms with Crippen molar-refractivity contribution in [3.63, 3.8) is 0 Å². The monoisotopic (exact) mass is 183 g/mol. The smallest absolute Gasteiger partial charge is 0.157 e. The van der Waals surface area contributed by atoms with Crippen LogP contribution in [0, 0.1) is 0 Å². The molecule has 3 nitrogen and oxygen atoms in total. The minimum absolute atomic E-state index is 0.201. The van der Waals surface area contributed by atoms with Crippen molar-refractivity contribution >= 4 is 5.78 Å². The molecular weight excluding hydrogens is 166 g/mol. The third-order valence-electron chi connectivity index (χ3n) is 2.34. The molecule has 0 saturated carbocycles. The number of aliphatic hydroxyl groups excluding tert-OH is 1. The average Bonchev–Trinajstić information content (AvgIpc) is 2.50. The van der Waals surface area contributed by atoms with Crippen LogP contribution in [0.15, 0.2) is 11.8 Å². The van der Waals surface area contributed by atoms with Gasteiger partial charge in [0.2, 0.25) is 0 Å². The Labute approximate surface area is 78.8 Å². The van der Waals surface area contributed by atoms with Crippen LogP contribution in [-0.2, 0) is 4.79 Å². The SMILES string of the molecule is CCC(CCO)NC1=CC(=O)CC1. The minimum Gasteiger partial charge on any atom is -0.396 e. The van der Waals surface area contributed by atoms with E-state index in [1.54, 1.807) is 6.08 Å². The zero-order valence-corrected chi connectivity index (χ0v) is 8.05. The quantitative estimate of drug-likeness (QED) is 0.668. The molecule has 13 heavy (non-hydrogen) atoms. The van der Waals surface area contributed by atoms with E-state index in [9.17, 15) is 4.79 Å². The van der Waals surface area contributed by atoms with E-state index < -0.39 is 0 Å². The average molecular weight is 183 g/mol. The summed E-state index contributed by atoms with van der Waals surface area (Å²) in [7, 11) is 0. The summed E-state index contributed by atoms with van der Waals surface area (Å²) < 4.78 is 0. The lowest BCUT2D eigenvalue weighted by molar-refractivity contribution is -0.114. The van der Waals surface area contributed by atoms with Crippen LogP contribution in [0.5, 0.6) is 0 Å². The van der Waals surface area contributed by atoms with E-state index in [2.05, 4.69) is 12.2 Å². The molecule has 0 radical (unpaired) electrons. The van der Waals surface area contributed by atoms with Gasteiger partial charge in [-0.15, -0.1) is 0 Å². The highest BCUT2D eigenvalue weighted by atomic mass is 16.3. The molecular formula is C10H17NO2. The number of hydrogen-bond acceptors (Lipinski definition) is 3. The largest absolute Gasteiger partial charge is 0.396 e. The van der Waals surface area contributed by atoms with E-state index in [1.165, 1.54) is 0 Å². The number of aliphatic hydroxyl groups is 1. The van der Waals surface area contributed by atoms with Crippen LogP contribution in [0.25, 0.3) is 0 Å². The lowest BCUT2D eigenvalue weighted by Crippen LogP contribution is -2.28. The van der Waals surface area contributed by atoms with Crippen LogP contribution >= 0.6 is 0 Å². The Bertz CT molecular complexity index is 211. The molecule has 0 aliphatic heterocycles. The van der Waals surface area contributed by atoms with E-state index in [0.717, 1.165) is 25.0 Å². The first-order valence-electron chi connectivity index (χ1n) is 4.87. The first kappa shape index (κ1) is 10.3. The molecule has 1 atom stereocenters. The van der Waals surface area contributed by atoms with Gasteiger partial charge in [0.1, 0.15) is 0 Å². The minimum atomic E-state index is 0.201. The molecule has 0 spiro atoms. The van der Waals surface area contributed by atoms with Gasteiger partial charge in [-0.25, -0.2) is 0 Å². The van der Waals surface area contributed by atoms with Crippen molar-refractivity contribution in [3.8, 4) is 0 Å². The maximum absolute atomic E-state index is 10.9. The van der Waals surface area contributed by atoms with Gasteiger partial charge in [-0.3, -0.25) is 4.79 Å². The second kappa shape index (κ2) is 5.02. The van der Waals surface area contributed by atoms with Crippen LogP contribution in [-0.4, -0.2) is 23.5 Å². The van der Waals surface area contributed by atoms with Gasteiger partial charge in [0.15, 0.2) is 5.78 Å². The highest BCUT2D eigenvalue weighted by Crippen LogP contribution is 2.13. The molecule has 2 N–H and O–H groups in total. The number of hydrogen-bond donors (Lipinski definition) is 2. The third kappa shape index (κ3) is 3.19. The van der Waals surface area contributed by atoms with Gasteiger partial charge in [-0.1, -0.05) is 6.92 Å². The summed E-state index contributed by atoms with van der Waals surface area (Å²) in [4.78, 5) is 10.9. The van der Waals surface area contributed by atoms with E-state index in [4.69, 9.17) is 5.11 Å². The van der Waals surface area contributed by atoms with Crippen molar-refractivity contribution in [3.05, 3.63) is 11.8 Å². The fourth-order valence-electron chi connectivity index (χ4n) is 1.51. The Morgan fingerprint density at radius 2 is 2.38 bits per heavy atom. The topological polar surface area (TPSA) is 49.3 Å². The molecule has 0 fully saturated rings. The Morgan fingerprint density at radius 3 is 2.85 bits per heavy atom. The Kier molecular flexibility index (Phi) is 3.96. The predicted molar refractivity (Wildman–Crippen MR) is 51.2 cm³/mol. The van der Waals surface area contributed by atoms with Crippen LogP contribution in [0.2, 0.25) is 0 Å². The fraction of sp³-hybridized carbons (Fsp3) is 0.700. The lowest BCUT2D eigenvalue weighted by Gasteiger charge is -2.17. The van der Waals surface area contributed by atoms with Gasteiger partial charge < -0.3 is 10.4 Å². The Hall–Kier alpha value is -0.830. The predicted octanol–water partition coefficient (Wildman–Crippen LogP) is 0.984. The van der Waals surface area contributed by atoms with Crippen molar-refractivity contribution in [1.82, 2.24) is 5.32 Å². The molecule has 1 aliphatic rings. The molecule has 0 saturated heterocycles. The maximum atomic E-state index is 10.9. The summed E-state index contributed by atoms with van der Waals surface area (Å²) in [5, 5.41) is 12.0. The highest BCUT2D eigenvalue weighted by Gasteiger charge is 2.14. The van der Waals surface area contributed by atoms with Crippen molar-refractivity contribution in [2.24, 2.45) is 0 Å². The molecule has 74 valence electrons. The lowest BCUT2D eigenvalue weighted by atomic mass is 10.1. The standard InChI is InChI=1S/C10H17NO2/c1-2-8(5-6-12)11-9-3-4-10(13)7-9/h7-8,11-12H,2-6H2,1H3. The third-order valence-corrected chi connectivity index (χ3v) is 2.34. The normalized spacial score (nSPS) is 18.6. The van der Waals surface area contributed by atoms with Crippen molar-refractivity contribution in [2.75, 3.05) is 6.61 Å². The van der Waals surface area contributed by atoms with Gasteiger partial charge in [-0.2, -0.15) is 0 Å². The van der Waals surface area contributed by atoms with Gasteiger partial charge in [0, 0.05) is 30.8 Å². The summed E-state index contributed by atoms with van der Waals surface area (Å²) in [5.74, 6) is 0.210. The van der Waals surface area contributed by atoms with E-state index in [-0.39, 0.29) is 12.4 Å². The zero-order valence-electron chi connectivity index (χ0n) is 8.05. The molecule has 0 aromatic heterocycles. The van der Waals surface area contributed by atoms with Gasteiger partial charge in [0.25, 0.3) is 0 Å². The maximum Gasteiger partial charge on any atom is 0.157 e. The zero-order chi connectivity index (χ0) is 9.68. The van der Waals surface area contributed by atoms with Gasteiger partial charge >= 0.3 is 0 Å². The van der Waals surface area contributed by atoms with Gasteiger partial charge in [0.05, 0.1) is 0 Å². The Morgan fingerprint density at radius 1 is 1.62 bits per heavy atom. The number of carbonyl (C=O) groups excluding carboxylic acids is 1. The fourth-order valence-corrected chi connectivity index (χ4v) is 1.51. The molecule has 3 heteroatoms. The molecule has 0 aromatic carbocycles. The number of ketones is 1. The first-order valence-corrected chi connectivity index (χ1v) is 4.87. The van der Waals surface area contributed by atoms with Crippen molar-refractivity contribution in [2.45, 2.75) is 38.6 Å². The number of nitrogens with one attached hydrogen (secondary N) is 1. The summed E-state index contributed by atoms with van der Waals surface area (Å²) in [5.41, 5.74) is 1.03. The van der Waals surface area contributed by atoms with E-state index >= 15 is 0 Å². The molecule has 0 bridgehead atoms. The highest BCUT2D eigenvalue weighted by molar-refractivity contribution is 5.92. The number of rotatable bonds is 5. The summed E-state index contributed by atoms with van der Waals surface area (Å²) in [6.45, 7) is 2.28. The second-order valence-corrected chi connectivity index (χ2v) is 3.40.